The normalized spacial score (nSPS) is 17.5. The van der Waals surface area contributed by atoms with Crippen molar-refractivity contribution in [2.45, 2.75) is 6.04 Å². The summed E-state index contributed by atoms with van der Waals surface area (Å²) in [6, 6.07) is 11.6. The maximum absolute atomic E-state index is 5.90. The quantitative estimate of drug-likeness (QED) is 0.903. The van der Waals surface area contributed by atoms with Crippen molar-refractivity contribution in [3.05, 3.63) is 66.0 Å². The van der Waals surface area contributed by atoms with Crippen molar-refractivity contribution >= 4 is 11.7 Å². The second-order valence-electron chi connectivity index (χ2n) is 4.68. The molecule has 1 aliphatic heterocycles. The van der Waals surface area contributed by atoms with Crippen molar-refractivity contribution in [2.75, 3.05) is 7.11 Å². The molecule has 1 unspecified atom stereocenters. The lowest BCUT2D eigenvalue weighted by Crippen LogP contribution is -2.33. The zero-order valence-corrected chi connectivity index (χ0v) is 11.7. The molecule has 2 aromatic rings. The molecule has 0 spiro atoms. The molecule has 106 valence electrons. The van der Waals surface area contributed by atoms with Crippen LogP contribution >= 0.6 is 0 Å². The Kier molecular flexibility index (Phi) is 3.55. The third-order valence-corrected chi connectivity index (χ3v) is 3.30. The van der Waals surface area contributed by atoms with Gasteiger partial charge in [-0.05, 0) is 35.9 Å². The van der Waals surface area contributed by atoms with E-state index in [1.165, 1.54) is 0 Å². The summed E-state index contributed by atoms with van der Waals surface area (Å²) in [5, 5.41) is 3.08. The van der Waals surface area contributed by atoms with Crippen LogP contribution in [0.3, 0.4) is 0 Å². The molecule has 0 saturated heterocycles. The molecular formula is C16H16N4O. The smallest absolute Gasteiger partial charge is 0.194 e. The maximum Gasteiger partial charge on any atom is 0.194 e. The fourth-order valence-electron chi connectivity index (χ4n) is 2.22. The zero-order valence-electron chi connectivity index (χ0n) is 11.7. The molecule has 2 heterocycles. The first-order valence-corrected chi connectivity index (χ1v) is 6.63. The minimum Gasteiger partial charge on any atom is -0.497 e. The van der Waals surface area contributed by atoms with Gasteiger partial charge in [-0.15, -0.1) is 0 Å². The molecule has 1 aliphatic rings. The number of nitrogens with zero attached hydrogens (tertiary/aromatic N) is 2. The van der Waals surface area contributed by atoms with Crippen LogP contribution in [0.15, 0.2) is 59.9 Å². The van der Waals surface area contributed by atoms with Gasteiger partial charge in [0.2, 0.25) is 0 Å². The van der Waals surface area contributed by atoms with Gasteiger partial charge in [0.25, 0.3) is 0 Å². The van der Waals surface area contributed by atoms with E-state index < -0.39 is 0 Å². The van der Waals surface area contributed by atoms with E-state index in [4.69, 9.17) is 10.5 Å². The summed E-state index contributed by atoms with van der Waals surface area (Å²) in [4.78, 5) is 8.56. The highest BCUT2D eigenvalue weighted by Crippen LogP contribution is 2.27. The molecule has 1 aromatic heterocycles. The van der Waals surface area contributed by atoms with Crippen LogP contribution in [0, 0.1) is 0 Å². The second kappa shape index (κ2) is 5.66. The maximum atomic E-state index is 5.90. The summed E-state index contributed by atoms with van der Waals surface area (Å²) in [5.74, 6) is 1.22. The third-order valence-electron chi connectivity index (χ3n) is 3.30. The van der Waals surface area contributed by atoms with E-state index in [9.17, 15) is 0 Å². The highest BCUT2D eigenvalue weighted by atomic mass is 16.5. The SMILES string of the molecule is COc1ccc(C2C=C(c3cccnc3)NC(N)=N2)cc1. The zero-order chi connectivity index (χ0) is 14.7. The van der Waals surface area contributed by atoms with Gasteiger partial charge < -0.3 is 15.8 Å². The van der Waals surface area contributed by atoms with Crippen molar-refractivity contribution in [3.63, 3.8) is 0 Å². The predicted octanol–water partition coefficient (Wildman–Crippen LogP) is 2.09. The van der Waals surface area contributed by atoms with Crippen molar-refractivity contribution < 1.29 is 4.74 Å². The van der Waals surface area contributed by atoms with E-state index in [0.717, 1.165) is 22.6 Å². The fraction of sp³-hybridized carbons (Fsp3) is 0.125. The topological polar surface area (TPSA) is 72.5 Å². The Morgan fingerprint density at radius 3 is 2.67 bits per heavy atom. The number of pyridine rings is 1. The highest BCUT2D eigenvalue weighted by molar-refractivity contribution is 5.90. The van der Waals surface area contributed by atoms with Crippen molar-refractivity contribution in [2.24, 2.45) is 10.7 Å². The number of hydrogen-bond donors (Lipinski definition) is 2. The van der Waals surface area contributed by atoms with Crippen LogP contribution in [0.4, 0.5) is 0 Å². The lowest BCUT2D eigenvalue weighted by Gasteiger charge is -2.20. The standard InChI is InChI=1S/C16H16N4O/c1-21-13-6-4-11(5-7-13)14-9-15(20-16(17)19-14)12-3-2-8-18-10-12/h2-10,14H,1H3,(H3,17,19,20). The van der Waals surface area contributed by atoms with Crippen molar-refractivity contribution in [1.29, 1.82) is 0 Å². The molecule has 3 rings (SSSR count). The molecule has 0 radical (unpaired) electrons. The van der Waals surface area contributed by atoms with E-state index in [2.05, 4.69) is 15.3 Å². The number of benzene rings is 1. The summed E-state index contributed by atoms with van der Waals surface area (Å²) in [7, 11) is 1.65. The minimum absolute atomic E-state index is 0.118. The highest BCUT2D eigenvalue weighted by Gasteiger charge is 2.16. The van der Waals surface area contributed by atoms with Gasteiger partial charge in [-0.3, -0.25) is 4.98 Å². The summed E-state index contributed by atoms with van der Waals surface area (Å²) in [6.45, 7) is 0. The Hall–Kier alpha value is -2.82. The monoisotopic (exact) mass is 280 g/mol. The number of hydrogen-bond acceptors (Lipinski definition) is 5. The molecule has 0 fully saturated rings. The van der Waals surface area contributed by atoms with Crippen LogP contribution in [-0.4, -0.2) is 18.1 Å². The Bertz CT molecular complexity index is 677. The molecule has 0 amide bonds. The third kappa shape index (κ3) is 2.86. The first-order valence-electron chi connectivity index (χ1n) is 6.63. The van der Waals surface area contributed by atoms with Crippen LogP contribution in [0.1, 0.15) is 17.2 Å². The molecule has 21 heavy (non-hydrogen) atoms. The number of aromatic nitrogens is 1. The van der Waals surface area contributed by atoms with Gasteiger partial charge in [-0.25, -0.2) is 4.99 Å². The number of ether oxygens (including phenoxy) is 1. The van der Waals surface area contributed by atoms with Crippen LogP contribution in [0.25, 0.3) is 5.70 Å². The fourth-order valence-corrected chi connectivity index (χ4v) is 2.22. The molecule has 3 N–H and O–H groups in total. The Morgan fingerprint density at radius 1 is 1.19 bits per heavy atom. The number of methoxy groups -OCH3 is 1. The summed E-state index contributed by atoms with van der Waals surface area (Å²) < 4.78 is 5.17. The largest absolute Gasteiger partial charge is 0.497 e. The van der Waals surface area contributed by atoms with Crippen LogP contribution in [0.2, 0.25) is 0 Å². The molecule has 0 bridgehead atoms. The molecular weight excluding hydrogens is 264 g/mol. The van der Waals surface area contributed by atoms with Crippen molar-refractivity contribution in [1.82, 2.24) is 10.3 Å². The molecule has 5 heteroatoms. The lowest BCUT2D eigenvalue weighted by atomic mass is 10.0. The number of nitrogens with two attached hydrogens (primary N) is 1. The average Bonchev–Trinajstić information content (AvgIpc) is 2.55. The molecule has 1 atom stereocenters. The predicted molar refractivity (Wildman–Crippen MR) is 82.7 cm³/mol. The van der Waals surface area contributed by atoms with Crippen LogP contribution in [-0.2, 0) is 0 Å². The summed E-state index contributed by atoms with van der Waals surface area (Å²) in [5.41, 5.74) is 8.85. The summed E-state index contributed by atoms with van der Waals surface area (Å²) >= 11 is 0. The van der Waals surface area contributed by atoms with Crippen LogP contribution < -0.4 is 15.8 Å². The van der Waals surface area contributed by atoms with Crippen LogP contribution in [0.5, 0.6) is 5.75 Å². The van der Waals surface area contributed by atoms with E-state index in [1.807, 2.05) is 42.5 Å². The van der Waals surface area contributed by atoms with Gasteiger partial charge in [-0.1, -0.05) is 12.1 Å². The van der Waals surface area contributed by atoms with Gasteiger partial charge >= 0.3 is 0 Å². The van der Waals surface area contributed by atoms with Gasteiger partial charge in [0, 0.05) is 23.7 Å². The van der Waals surface area contributed by atoms with Crippen molar-refractivity contribution in [3.8, 4) is 5.75 Å². The van der Waals surface area contributed by atoms with E-state index in [-0.39, 0.29) is 6.04 Å². The van der Waals surface area contributed by atoms with E-state index in [1.54, 1.807) is 19.5 Å². The molecule has 5 nitrogen and oxygen atoms in total. The Labute approximate surface area is 123 Å². The number of aliphatic imine (C=N–C) groups is 1. The molecule has 1 aromatic carbocycles. The Morgan fingerprint density at radius 2 is 2.00 bits per heavy atom. The second-order valence-corrected chi connectivity index (χ2v) is 4.68. The molecule has 0 saturated carbocycles. The average molecular weight is 280 g/mol. The molecule has 0 aliphatic carbocycles. The van der Waals surface area contributed by atoms with E-state index in [0.29, 0.717) is 5.96 Å². The number of nitrogens with one attached hydrogen (secondary N) is 1. The van der Waals surface area contributed by atoms with Gasteiger partial charge in [0.05, 0.1) is 13.2 Å². The summed E-state index contributed by atoms with van der Waals surface area (Å²) in [6.07, 6.45) is 5.57. The first kappa shape index (κ1) is 13.2. The van der Waals surface area contributed by atoms with Gasteiger partial charge in [-0.2, -0.15) is 0 Å². The number of rotatable bonds is 3. The van der Waals surface area contributed by atoms with Gasteiger partial charge in [0.1, 0.15) is 5.75 Å². The minimum atomic E-state index is -0.118. The Balaban J connectivity index is 1.93. The lowest BCUT2D eigenvalue weighted by molar-refractivity contribution is 0.414. The van der Waals surface area contributed by atoms with E-state index >= 15 is 0 Å². The van der Waals surface area contributed by atoms with Gasteiger partial charge in [0.15, 0.2) is 5.96 Å². The first-order chi connectivity index (χ1) is 10.3. The number of guanidine groups is 1.